The SMILES string of the molecule is Clc1cnccc1-c1ccc2c(ccn2-c2ccccn2)c1. The molecule has 0 unspecified atom stereocenters. The molecule has 3 heterocycles. The lowest BCUT2D eigenvalue weighted by Crippen LogP contribution is -1.94. The topological polar surface area (TPSA) is 30.7 Å². The van der Waals surface area contributed by atoms with Crippen molar-refractivity contribution in [1.29, 1.82) is 0 Å². The number of hydrogen-bond acceptors (Lipinski definition) is 2. The van der Waals surface area contributed by atoms with Crippen molar-refractivity contribution in [3.8, 4) is 16.9 Å². The third-order valence-electron chi connectivity index (χ3n) is 3.67. The average Bonchev–Trinajstić information content (AvgIpc) is 2.99. The van der Waals surface area contributed by atoms with Crippen LogP contribution in [0.25, 0.3) is 27.8 Å². The predicted octanol–water partition coefficient (Wildman–Crippen LogP) is 4.74. The van der Waals surface area contributed by atoms with Gasteiger partial charge in [-0.3, -0.25) is 4.98 Å². The third-order valence-corrected chi connectivity index (χ3v) is 3.97. The van der Waals surface area contributed by atoms with E-state index in [-0.39, 0.29) is 0 Å². The summed E-state index contributed by atoms with van der Waals surface area (Å²) in [6.07, 6.45) is 7.25. The molecule has 0 spiro atoms. The molecule has 4 heteroatoms. The van der Waals surface area contributed by atoms with Crippen LogP contribution in [0.5, 0.6) is 0 Å². The number of hydrogen-bond donors (Lipinski definition) is 0. The predicted molar refractivity (Wildman–Crippen MR) is 89.3 cm³/mol. The van der Waals surface area contributed by atoms with Crippen molar-refractivity contribution >= 4 is 22.5 Å². The van der Waals surface area contributed by atoms with E-state index in [2.05, 4.69) is 38.8 Å². The van der Waals surface area contributed by atoms with Crippen molar-refractivity contribution < 1.29 is 0 Å². The van der Waals surface area contributed by atoms with Gasteiger partial charge in [0.1, 0.15) is 5.82 Å². The molecule has 106 valence electrons. The Hall–Kier alpha value is -2.65. The first-order chi connectivity index (χ1) is 10.8. The van der Waals surface area contributed by atoms with Crippen LogP contribution in [-0.4, -0.2) is 14.5 Å². The Morgan fingerprint density at radius 1 is 0.955 bits per heavy atom. The van der Waals surface area contributed by atoms with Crippen LogP contribution in [0.2, 0.25) is 5.02 Å². The van der Waals surface area contributed by atoms with Crippen LogP contribution in [0.15, 0.2) is 73.3 Å². The van der Waals surface area contributed by atoms with E-state index in [1.54, 1.807) is 18.6 Å². The molecule has 0 aliphatic rings. The minimum atomic E-state index is 0.658. The molecule has 0 saturated heterocycles. The Labute approximate surface area is 132 Å². The fraction of sp³-hybridized carbons (Fsp3) is 0. The molecule has 0 fully saturated rings. The lowest BCUT2D eigenvalue weighted by molar-refractivity contribution is 1.04. The lowest BCUT2D eigenvalue weighted by Gasteiger charge is -2.06. The summed E-state index contributed by atoms with van der Waals surface area (Å²) in [5.74, 6) is 0.909. The van der Waals surface area contributed by atoms with E-state index in [9.17, 15) is 0 Å². The zero-order valence-corrected chi connectivity index (χ0v) is 12.4. The maximum Gasteiger partial charge on any atom is 0.137 e. The highest BCUT2D eigenvalue weighted by atomic mass is 35.5. The second-order valence-corrected chi connectivity index (χ2v) is 5.41. The van der Waals surface area contributed by atoms with Gasteiger partial charge in [0.15, 0.2) is 0 Å². The first-order valence-corrected chi connectivity index (χ1v) is 7.33. The smallest absolute Gasteiger partial charge is 0.137 e. The summed E-state index contributed by atoms with van der Waals surface area (Å²) < 4.78 is 2.08. The van der Waals surface area contributed by atoms with Gasteiger partial charge in [0, 0.05) is 35.7 Å². The molecule has 4 rings (SSSR count). The Morgan fingerprint density at radius 2 is 1.91 bits per heavy atom. The van der Waals surface area contributed by atoms with Crippen molar-refractivity contribution in [2.75, 3.05) is 0 Å². The van der Waals surface area contributed by atoms with Gasteiger partial charge in [-0.2, -0.15) is 0 Å². The van der Waals surface area contributed by atoms with Crippen LogP contribution in [0.1, 0.15) is 0 Å². The molecular weight excluding hydrogens is 294 g/mol. The first kappa shape index (κ1) is 13.0. The number of nitrogens with zero attached hydrogens (tertiary/aromatic N) is 3. The third kappa shape index (κ3) is 2.16. The van der Waals surface area contributed by atoms with E-state index < -0.39 is 0 Å². The van der Waals surface area contributed by atoms with Gasteiger partial charge in [0.05, 0.1) is 10.5 Å². The van der Waals surface area contributed by atoms with Crippen LogP contribution >= 0.6 is 11.6 Å². The van der Waals surface area contributed by atoms with Crippen LogP contribution in [-0.2, 0) is 0 Å². The summed E-state index contributed by atoms with van der Waals surface area (Å²) in [5, 5.41) is 1.81. The molecule has 0 atom stereocenters. The lowest BCUT2D eigenvalue weighted by atomic mass is 10.1. The molecular formula is C18H12ClN3. The summed E-state index contributed by atoms with van der Waals surface area (Å²) in [7, 11) is 0. The van der Waals surface area contributed by atoms with Gasteiger partial charge in [-0.25, -0.2) is 4.98 Å². The Kier molecular flexibility index (Phi) is 3.13. The molecule has 22 heavy (non-hydrogen) atoms. The molecule has 3 aromatic heterocycles. The van der Waals surface area contributed by atoms with Crippen molar-refractivity contribution in [2.24, 2.45) is 0 Å². The molecule has 0 radical (unpaired) electrons. The molecule has 4 aromatic rings. The summed E-state index contributed by atoms with van der Waals surface area (Å²) >= 11 is 6.23. The van der Waals surface area contributed by atoms with Gasteiger partial charge in [-0.1, -0.05) is 23.7 Å². The molecule has 0 N–H and O–H groups in total. The molecule has 3 nitrogen and oxygen atoms in total. The monoisotopic (exact) mass is 305 g/mol. The summed E-state index contributed by atoms with van der Waals surface area (Å²) in [6, 6.07) is 16.2. The second-order valence-electron chi connectivity index (χ2n) is 5.00. The first-order valence-electron chi connectivity index (χ1n) is 6.95. The highest BCUT2D eigenvalue weighted by Crippen LogP contribution is 2.30. The van der Waals surface area contributed by atoms with E-state index in [1.165, 1.54) is 0 Å². The molecule has 1 aromatic carbocycles. The van der Waals surface area contributed by atoms with Crippen molar-refractivity contribution in [2.45, 2.75) is 0 Å². The number of pyridine rings is 2. The quantitative estimate of drug-likeness (QED) is 0.535. The number of benzene rings is 1. The van der Waals surface area contributed by atoms with E-state index >= 15 is 0 Å². The largest absolute Gasteiger partial charge is 0.301 e. The van der Waals surface area contributed by atoms with Gasteiger partial charge in [-0.15, -0.1) is 0 Å². The molecule has 0 saturated carbocycles. The van der Waals surface area contributed by atoms with E-state index in [0.29, 0.717) is 5.02 Å². The number of fused-ring (bicyclic) bond motifs is 1. The molecule has 0 bridgehead atoms. The van der Waals surface area contributed by atoms with Crippen molar-refractivity contribution in [3.05, 3.63) is 78.3 Å². The van der Waals surface area contributed by atoms with Crippen LogP contribution in [0, 0.1) is 0 Å². The minimum absolute atomic E-state index is 0.658. The summed E-state index contributed by atoms with van der Waals surface area (Å²) in [4.78, 5) is 8.43. The van der Waals surface area contributed by atoms with Gasteiger partial charge < -0.3 is 4.57 Å². The fourth-order valence-corrected chi connectivity index (χ4v) is 2.84. The summed E-state index contributed by atoms with van der Waals surface area (Å²) in [6.45, 7) is 0. The van der Waals surface area contributed by atoms with E-state index in [1.807, 2.05) is 30.5 Å². The molecule has 0 aliphatic heterocycles. The van der Waals surface area contributed by atoms with Crippen molar-refractivity contribution in [3.63, 3.8) is 0 Å². The average molecular weight is 306 g/mol. The standard InChI is InChI=1S/C18H12ClN3/c19-16-12-20-9-6-15(16)13-4-5-17-14(11-13)7-10-22(17)18-3-1-2-8-21-18/h1-12H. The normalized spacial score (nSPS) is 11.0. The van der Waals surface area contributed by atoms with Crippen LogP contribution in [0.3, 0.4) is 0 Å². The Bertz CT molecular complexity index is 945. The molecule has 0 aliphatic carbocycles. The molecule has 0 amide bonds. The maximum absolute atomic E-state index is 6.23. The number of aromatic nitrogens is 3. The summed E-state index contributed by atoms with van der Waals surface area (Å²) in [5.41, 5.74) is 3.19. The second kappa shape index (κ2) is 5.28. The minimum Gasteiger partial charge on any atom is -0.301 e. The van der Waals surface area contributed by atoms with Gasteiger partial charge in [-0.05, 0) is 42.0 Å². The van der Waals surface area contributed by atoms with E-state index in [4.69, 9.17) is 11.6 Å². The zero-order chi connectivity index (χ0) is 14.9. The van der Waals surface area contributed by atoms with E-state index in [0.717, 1.165) is 27.8 Å². The Balaban J connectivity index is 1.86. The van der Waals surface area contributed by atoms with Gasteiger partial charge >= 0.3 is 0 Å². The number of halogens is 1. The highest BCUT2D eigenvalue weighted by Gasteiger charge is 2.07. The van der Waals surface area contributed by atoms with Crippen molar-refractivity contribution in [1.82, 2.24) is 14.5 Å². The van der Waals surface area contributed by atoms with Crippen LogP contribution < -0.4 is 0 Å². The Morgan fingerprint density at radius 3 is 2.73 bits per heavy atom. The zero-order valence-electron chi connectivity index (χ0n) is 11.6. The van der Waals surface area contributed by atoms with Gasteiger partial charge in [0.25, 0.3) is 0 Å². The number of rotatable bonds is 2. The maximum atomic E-state index is 6.23. The highest BCUT2D eigenvalue weighted by molar-refractivity contribution is 6.33. The fourth-order valence-electron chi connectivity index (χ4n) is 2.62. The van der Waals surface area contributed by atoms with Crippen LogP contribution in [0.4, 0.5) is 0 Å². The van der Waals surface area contributed by atoms with Gasteiger partial charge in [0.2, 0.25) is 0 Å².